The smallest absolute Gasteiger partial charge is 0.0722 e. The fraction of sp³-hybridized carbons (Fsp3) is 0.529. The lowest BCUT2D eigenvalue weighted by atomic mass is 10.1. The fourth-order valence-electron chi connectivity index (χ4n) is 2.55. The predicted octanol–water partition coefficient (Wildman–Crippen LogP) is 2.45. The second kappa shape index (κ2) is 8.17. The molecule has 21 heavy (non-hydrogen) atoms. The standard InChI is InChI=1S/C17H26N2O2/c1-14(21-3)12-19-13-15(8-9-18-10-11-20-2)16-6-4-5-7-17(16)19/h4-7,13-14,18H,8-12H2,1-3H3. The van der Waals surface area contributed by atoms with Gasteiger partial charge in [-0.3, -0.25) is 0 Å². The van der Waals surface area contributed by atoms with Crippen LogP contribution >= 0.6 is 0 Å². The van der Waals surface area contributed by atoms with Crippen LogP contribution in [0.5, 0.6) is 0 Å². The number of nitrogens with zero attached hydrogens (tertiary/aromatic N) is 1. The molecule has 1 N–H and O–H groups in total. The van der Waals surface area contributed by atoms with E-state index >= 15 is 0 Å². The van der Waals surface area contributed by atoms with Crippen LogP contribution in [-0.2, 0) is 22.4 Å². The normalized spacial score (nSPS) is 12.9. The van der Waals surface area contributed by atoms with Crippen molar-refractivity contribution in [3.8, 4) is 0 Å². The van der Waals surface area contributed by atoms with Gasteiger partial charge in [0.25, 0.3) is 0 Å². The predicted molar refractivity (Wildman–Crippen MR) is 86.9 cm³/mol. The van der Waals surface area contributed by atoms with Gasteiger partial charge in [-0.1, -0.05) is 18.2 Å². The fourth-order valence-corrected chi connectivity index (χ4v) is 2.55. The van der Waals surface area contributed by atoms with Crippen LogP contribution in [0.1, 0.15) is 12.5 Å². The molecule has 0 aliphatic rings. The first-order chi connectivity index (χ1) is 10.3. The molecule has 0 saturated heterocycles. The minimum atomic E-state index is 0.216. The van der Waals surface area contributed by atoms with E-state index in [1.165, 1.54) is 16.5 Å². The largest absolute Gasteiger partial charge is 0.383 e. The molecular formula is C17H26N2O2. The SMILES string of the molecule is COCCNCCc1cn(CC(C)OC)c2ccccc12. The van der Waals surface area contributed by atoms with Crippen LogP contribution in [0.2, 0.25) is 0 Å². The Labute approximate surface area is 127 Å². The summed E-state index contributed by atoms with van der Waals surface area (Å²) in [5.41, 5.74) is 2.67. The molecule has 0 saturated carbocycles. The molecule has 0 bridgehead atoms. The summed E-state index contributed by atoms with van der Waals surface area (Å²) < 4.78 is 12.7. The monoisotopic (exact) mass is 290 g/mol. The summed E-state index contributed by atoms with van der Waals surface area (Å²) in [6.07, 6.45) is 3.50. The van der Waals surface area contributed by atoms with Crippen LogP contribution in [0, 0.1) is 0 Å². The van der Waals surface area contributed by atoms with E-state index in [0.29, 0.717) is 0 Å². The van der Waals surface area contributed by atoms with E-state index in [4.69, 9.17) is 9.47 Å². The molecule has 0 aliphatic heterocycles. The average Bonchev–Trinajstić information content (AvgIpc) is 2.85. The molecule has 2 rings (SSSR count). The maximum absolute atomic E-state index is 5.39. The van der Waals surface area contributed by atoms with Crippen LogP contribution in [0.4, 0.5) is 0 Å². The van der Waals surface area contributed by atoms with E-state index in [-0.39, 0.29) is 6.10 Å². The number of ether oxygens (including phenoxy) is 2. The number of benzene rings is 1. The van der Waals surface area contributed by atoms with Crippen molar-refractivity contribution in [2.75, 3.05) is 33.9 Å². The summed E-state index contributed by atoms with van der Waals surface area (Å²) in [6.45, 7) is 5.61. The molecule has 0 spiro atoms. The zero-order chi connectivity index (χ0) is 15.1. The van der Waals surface area contributed by atoms with E-state index < -0.39 is 0 Å². The number of fused-ring (bicyclic) bond motifs is 1. The van der Waals surface area contributed by atoms with Crippen molar-refractivity contribution in [2.24, 2.45) is 0 Å². The molecule has 0 radical (unpaired) electrons. The van der Waals surface area contributed by atoms with Gasteiger partial charge in [0.05, 0.1) is 12.7 Å². The van der Waals surface area contributed by atoms with E-state index in [1.807, 2.05) is 0 Å². The number of para-hydroxylation sites is 1. The summed E-state index contributed by atoms with van der Waals surface area (Å²) >= 11 is 0. The van der Waals surface area contributed by atoms with E-state index in [2.05, 4.69) is 47.3 Å². The lowest BCUT2D eigenvalue weighted by Gasteiger charge is -2.11. The number of methoxy groups -OCH3 is 2. The number of nitrogens with one attached hydrogen (secondary N) is 1. The van der Waals surface area contributed by atoms with E-state index in [1.54, 1.807) is 14.2 Å². The summed E-state index contributed by atoms with van der Waals surface area (Å²) in [6, 6.07) is 8.58. The number of rotatable bonds is 9. The number of hydrogen-bond donors (Lipinski definition) is 1. The van der Waals surface area contributed by atoms with E-state index in [9.17, 15) is 0 Å². The highest BCUT2D eigenvalue weighted by atomic mass is 16.5. The minimum absolute atomic E-state index is 0.216. The Bertz CT molecular complexity index is 551. The molecule has 0 fully saturated rings. The Kier molecular flexibility index (Phi) is 6.23. The highest BCUT2D eigenvalue weighted by Crippen LogP contribution is 2.22. The Morgan fingerprint density at radius 1 is 1.19 bits per heavy atom. The molecule has 1 aromatic carbocycles. The lowest BCUT2D eigenvalue weighted by Crippen LogP contribution is -2.21. The quantitative estimate of drug-likeness (QED) is 0.721. The van der Waals surface area contributed by atoms with E-state index in [0.717, 1.165) is 32.7 Å². The van der Waals surface area contributed by atoms with Gasteiger partial charge in [-0.05, 0) is 31.5 Å². The van der Waals surface area contributed by atoms with Crippen molar-refractivity contribution in [3.63, 3.8) is 0 Å². The molecule has 2 aromatic rings. The summed E-state index contributed by atoms with van der Waals surface area (Å²) in [5, 5.41) is 4.74. The van der Waals surface area contributed by atoms with Gasteiger partial charge in [0.1, 0.15) is 0 Å². The average molecular weight is 290 g/mol. The molecule has 1 atom stereocenters. The molecule has 0 amide bonds. The van der Waals surface area contributed by atoms with Gasteiger partial charge in [0.15, 0.2) is 0 Å². The zero-order valence-electron chi connectivity index (χ0n) is 13.3. The Morgan fingerprint density at radius 3 is 2.76 bits per heavy atom. The summed E-state index contributed by atoms with van der Waals surface area (Å²) in [5.74, 6) is 0. The highest BCUT2D eigenvalue weighted by molar-refractivity contribution is 5.84. The Hall–Kier alpha value is -1.36. The molecular weight excluding hydrogens is 264 g/mol. The third-order valence-electron chi connectivity index (χ3n) is 3.78. The van der Waals surface area contributed by atoms with Crippen molar-refractivity contribution in [1.82, 2.24) is 9.88 Å². The first-order valence-electron chi connectivity index (χ1n) is 7.55. The molecule has 116 valence electrons. The van der Waals surface area contributed by atoms with Gasteiger partial charge in [-0.25, -0.2) is 0 Å². The van der Waals surface area contributed by atoms with Crippen LogP contribution in [0.15, 0.2) is 30.5 Å². The summed E-state index contributed by atoms with van der Waals surface area (Å²) in [4.78, 5) is 0. The molecule has 0 aliphatic carbocycles. The lowest BCUT2D eigenvalue weighted by molar-refractivity contribution is 0.104. The van der Waals surface area contributed by atoms with Crippen LogP contribution in [-0.4, -0.2) is 44.6 Å². The number of hydrogen-bond acceptors (Lipinski definition) is 3. The third-order valence-corrected chi connectivity index (χ3v) is 3.78. The third kappa shape index (κ3) is 4.30. The van der Waals surface area contributed by atoms with Gasteiger partial charge in [-0.15, -0.1) is 0 Å². The molecule has 1 aromatic heterocycles. The van der Waals surface area contributed by atoms with Gasteiger partial charge in [-0.2, -0.15) is 0 Å². The number of aromatic nitrogens is 1. The maximum atomic E-state index is 5.39. The second-order valence-corrected chi connectivity index (χ2v) is 5.36. The topological polar surface area (TPSA) is 35.4 Å². The van der Waals surface area contributed by atoms with Crippen LogP contribution in [0.3, 0.4) is 0 Å². The summed E-state index contributed by atoms with van der Waals surface area (Å²) in [7, 11) is 3.49. The maximum Gasteiger partial charge on any atom is 0.0722 e. The van der Waals surface area contributed by atoms with Crippen LogP contribution < -0.4 is 5.32 Å². The van der Waals surface area contributed by atoms with Crippen molar-refractivity contribution in [1.29, 1.82) is 0 Å². The van der Waals surface area contributed by atoms with Crippen molar-refractivity contribution in [3.05, 3.63) is 36.0 Å². The van der Waals surface area contributed by atoms with Crippen molar-refractivity contribution in [2.45, 2.75) is 26.0 Å². The Morgan fingerprint density at radius 2 is 2.00 bits per heavy atom. The first kappa shape index (κ1) is 16.0. The molecule has 4 nitrogen and oxygen atoms in total. The first-order valence-corrected chi connectivity index (χ1v) is 7.55. The Balaban J connectivity index is 2.08. The van der Waals surface area contributed by atoms with Gasteiger partial charge < -0.3 is 19.4 Å². The van der Waals surface area contributed by atoms with Gasteiger partial charge >= 0.3 is 0 Å². The highest BCUT2D eigenvalue weighted by Gasteiger charge is 2.10. The van der Waals surface area contributed by atoms with Crippen molar-refractivity contribution >= 4 is 10.9 Å². The molecule has 4 heteroatoms. The van der Waals surface area contributed by atoms with Crippen LogP contribution in [0.25, 0.3) is 10.9 Å². The second-order valence-electron chi connectivity index (χ2n) is 5.36. The minimum Gasteiger partial charge on any atom is -0.383 e. The van der Waals surface area contributed by atoms with Crippen molar-refractivity contribution < 1.29 is 9.47 Å². The molecule has 1 heterocycles. The van der Waals surface area contributed by atoms with Gasteiger partial charge in [0, 0.05) is 44.4 Å². The zero-order valence-corrected chi connectivity index (χ0v) is 13.3. The molecule has 1 unspecified atom stereocenters. The van der Waals surface area contributed by atoms with Gasteiger partial charge in [0.2, 0.25) is 0 Å².